The van der Waals surface area contributed by atoms with Gasteiger partial charge in [-0.1, -0.05) is 23.7 Å². The second-order valence-electron chi connectivity index (χ2n) is 6.07. The predicted octanol–water partition coefficient (Wildman–Crippen LogP) is 4.71. The summed E-state index contributed by atoms with van der Waals surface area (Å²) in [7, 11) is 0. The minimum Gasteiger partial charge on any atom is -0.356 e. The third kappa shape index (κ3) is 3.57. The molecule has 0 atom stereocenters. The molecular weight excluding hydrogens is 368 g/mol. The van der Waals surface area contributed by atoms with E-state index in [0.29, 0.717) is 15.7 Å². The second-order valence-corrected chi connectivity index (χ2v) is 7.36. The fourth-order valence-corrected chi connectivity index (χ4v) is 3.84. The Morgan fingerprint density at radius 2 is 1.92 bits per heavy atom. The van der Waals surface area contributed by atoms with Crippen LogP contribution >= 0.6 is 22.9 Å². The molecule has 1 N–H and O–H groups in total. The summed E-state index contributed by atoms with van der Waals surface area (Å²) in [5, 5.41) is 6.07. The van der Waals surface area contributed by atoms with Crippen LogP contribution in [-0.4, -0.2) is 29.0 Å². The van der Waals surface area contributed by atoms with Gasteiger partial charge < -0.3 is 4.90 Å². The Hall–Kier alpha value is -2.44. The van der Waals surface area contributed by atoms with Crippen molar-refractivity contribution in [2.45, 2.75) is 12.8 Å². The number of hydrogen-bond donors (Lipinski definition) is 1. The van der Waals surface area contributed by atoms with Crippen LogP contribution in [0.4, 0.5) is 10.9 Å². The molecule has 1 aromatic carbocycles. The van der Waals surface area contributed by atoms with E-state index in [1.807, 2.05) is 35.7 Å². The zero-order valence-electron chi connectivity index (χ0n) is 14.0. The molecule has 2 aromatic heterocycles. The molecule has 1 aliphatic heterocycles. The molecular formula is C19H17ClN4OS. The first-order chi connectivity index (χ1) is 12.7. The maximum absolute atomic E-state index is 12.8. The van der Waals surface area contributed by atoms with Crippen LogP contribution < -0.4 is 10.2 Å². The third-order valence-electron chi connectivity index (χ3n) is 4.30. The largest absolute Gasteiger partial charge is 0.356 e. The van der Waals surface area contributed by atoms with E-state index in [1.165, 1.54) is 11.3 Å². The molecule has 26 heavy (non-hydrogen) atoms. The van der Waals surface area contributed by atoms with Crippen molar-refractivity contribution >= 4 is 39.8 Å². The van der Waals surface area contributed by atoms with E-state index < -0.39 is 0 Å². The maximum Gasteiger partial charge on any atom is 0.261 e. The van der Waals surface area contributed by atoms with Crippen molar-refractivity contribution in [3.63, 3.8) is 0 Å². The SMILES string of the molecule is O=C(Nc1nc(-c2ccc(Cl)cc2)cs1)c1cccnc1N1CCCC1. The molecule has 4 rings (SSSR count). The Morgan fingerprint density at radius 3 is 2.69 bits per heavy atom. The van der Waals surface area contributed by atoms with Gasteiger partial charge in [-0.05, 0) is 37.1 Å². The van der Waals surface area contributed by atoms with Gasteiger partial charge in [0.05, 0.1) is 11.3 Å². The van der Waals surface area contributed by atoms with Gasteiger partial charge in [-0.15, -0.1) is 11.3 Å². The number of carbonyl (C=O) groups excluding carboxylic acids is 1. The summed E-state index contributed by atoms with van der Waals surface area (Å²) in [6.07, 6.45) is 4.00. The van der Waals surface area contributed by atoms with Crippen LogP contribution in [0.15, 0.2) is 48.0 Å². The van der Waals surface area contributed by atoms with Crippen LogP contribution in [0, 0.1) is 0 Å². The average molecular weight is 385 g/mol. The van der Waals surface area contributed by atoms with Gasteiger partial charge in [-0.25, -0.2) is 9.97 Å². The average Bonchev–Trinajstić information content (AvgIpc) is 3.34. The van der Waals surface area contributed by atoms with Crippen LogP contribution in [0.2, 0.25) is 5.02 Å². The first-order valence-corrected chi connectivity index (χ1v) is 9.69. The summed E-state index contributed by atoms with van der Waals surface area (Å²) < 4.78 is 0. The molecule has 3 heterocycles. The normalized spacial score (nSPS) is 13.8. The molecule has 0 aliphatic carbocycles. The summed E-state index contributed by atoms with van der Waals surface area (Å²) in [6.45, 7) is 1.88. The van der Waals surface area contributed by atoms with E-state index in [4.69, 9.17) is 11.6 Å². The molecule has 132 valence electrons. The van der Waals surface area contributed by atoms with E-state index >= 15 is 0 Å². The van der Waals surface area contributed by atoms with E-state index in [-0.39, 0.29) is 5.91 Å². The number of amides is 1. The highest BCUT2D eigenvalue weighted by molar-refractivity contribution is 7.14. The highest BCUT2D eigenvalue weighted by Crippen LogP contribution is 2.27. The number of nitrogens with one attached hydrogen (secondary N) is 1. The van der Waals surface area contributed by atoms with Gasteiger partial charge in [0, 0.05) is 35.3 Å². The zero-order chi connectivity index (χ0) is 17.9. The molecule has 1 aliphatic rings. The lowest BCUT2D eigenvalue weighted by Crippen LogP contribution is -2.24. The lowest BCUT2D eigenvalue weighted by Gasteiger charge is -2.19. The number of aromatic nitrogens is 2. The fourth-order valence-electron chi connectivity index (χ4n) is 3.00. The molecule has 5 nitrogen and oxygen atoms in total. The molecule has 0 bridgehead atoms. The highest BCUT2D eigenvalue weighted by atomic mass is 35.5. The van der Waals surface area contributed by atoms with Crippen molar-refractivity contribution < 1.29 is 4.79 Å². The molecule has 1 amide bonds. The third-order valence-corrected chi connectivity index (χ3v) is 5.31. The summed E-state index contributed by atoms with van der Waals surface area (Å²) in [6, 6.07) is 11.1. The zero-order valence-corrected chi connectivity index (χ0v) is 15.6. The van der Waals surface area contributed by atoms with Crippen molar-refractivity contribution in [2.24, 2.45) is 0 Å². The quantitative estimate of drug-likeness (QED) is 0.707. The van der Waals surface area contributed by atoms with Crippen molar-refractivity contribution in [3.8, 4) is 11.3 Å². The Balaban J connectivity index is 1.53. The monoisotopic (exact) mass is 384 g/mol. The van der Waals surface area contributed by atoms with Gasteiger partial charge in [0.15, 0.2) is 5.13 Å². The molecule has 1 saturated heterocycles. The van der Waals surface area contributed by atoms with Gasteiger partial charge in [0.1, 0.15) is 5.82 Å². The van der Waals surface area contributed by atoms with E-state index in [1.54, 1.807) is 12.3 Å². The smallest absolute Gasteiger partial charge is 0.261 e. The minimum atomic E-state index is -0.183. The van der Waals surface area contributed by atoms with Crippen molar-refractivity contribution in [1.82, 2.24) is 9.97 Å². The van der Waals surface area contributed by atoms with Crippen LogP contribution in [-0.2, 0) is 0 Å². The Bertz CT molecular complexity index is 919. The summed E-state index contributed by atoms with van der Waals surface area (Å²) >= 11 is 7.32. The number of anilines is 2. The van der Waals surface area contributed by atoms with Crippen molar-refractivity contribution in [2.75, 3.05) is 23.3 Å². The number of pyridine rings is 1. The first-order valence-electron chi connectivity index (χ1n) is 8.43. The van der Waals surface area contributed by atoms with Crippen LogP contribution in [0.5, 0.6) is 0 Å². The lowest BCUT2D eigenvalue weighted by atomic mass is 10.2. The standard InChI is InChI=1S/C19H17ClN4OS/c20-14-7-5-13(6-8-14)16-12-26-19(22-16)23-18(25)15-4-3-9-21-17(15)24-10-1-2-11-24/h3-9,12H,1-2,10-11H2,(H,22,23,25). The van der Waals surface area contributed by atoms with Gasteiger partial charge in [-0.2, -0.15) is 0 Å². The minimum absolute atomic E-state index is 0.183. The van der Waals surface area contributed by atoms with Gasteiger partial charge >= 0.3 is 0 Å². The number of benzene rings is 1. The molecule has 0 spiro atoms. The number of carbonyl (C=O) groups is 1. The van der Waals surface area contributed by atoms with E-state index in [0.717, 1.165) is 43.0 Å². The topological polar surface area (TPSA) is 58.1 Å². The number of nitrogens with zero attached hydrogens (tertiary/aromatic N) is 3. The van der Waals surface area contributed by atoms with Crippen molar-refractivity contribution in [1.29, 1.82) is 0 Å². The Kier molecular flexibility index (Phi) is 4.86. The van der Waals surface area contributed by atoms with Gasteiger partial charge in [0.25, 0.3) is 5.91 Å². The van der Waals surface area contributed by atoms with Gasteiger partial charge in [0.2, 0.25) is 0 Å². The second kappa shape index (κ2) is 7.43. The molecule has 7 heteroatoms. The number of thiazole rings is 1. The molecule has 0 saturated carbocycles. The Morgan fingerprint density at radius 1 is 1.15 bits per heavy atom. The van der Waals surface area contributed by atoms with Crippen LogP contribution in [0.25, 0.3) is 11.3 Å². The van der Waals surface area contributed by atoms with Gasteiger partial charge in [-0.3, -0.25) is 10.1 Å². The van der Waals surface area contributed by atoms with Crippen molar-refractivity contribution in [3.05, 3.63) is 58.6 Å². The van der Waals surface area contributed by atoms with E-state index in [9.17, 15) is 4.79 Å². The Labute approximate surface area is 160 Å². The molecule has 0 unspecified atom stereocenters. The lowest BCUT2D eigenvalue weighted by molar-refractivity contribution is 0.102. The summed E-state index contributed by atoms with van der Waals surface area (Å²) in [4.78, 5) is 23.8. The maximum atomic E-state index is 12.8. The van der Waals surface area contributed by atoms with E-state index in [2.05, 4.69) is 20.2 Å². The predicted molar refractivity (Wildman–Crippen MR) is 106 cm³/mol. The fraction of sp³-hybridized carbons (Fsp3) is 0.211. The molecule has 1 fully saturated rings. The number of hydrogen-bond acceptors (Lipinski definition) is 5. The number of halogens is 1. The molecule has 3 aromatic rings. The summed E-state index contributed by atoms with van der Waals surface area (Å²) in [5.74, 6) is 0.564. The highest BCUT2D eigenvalue weighted by Gasteiger charge is 2.21. The van der Waals surface area contributed by atoms with Crippen LogP contribution in [0.1, 0.15) is 23.2 Å². The first kappa shape index (κ1) is 17.0. The summed E-state index contributed by atoms with van der Waals surface area (Å²) in [5.41, 5.74) is 2.36. The van der Waals surface area contributed by atoms with Crippen LogP contribution in [0.3, 0.4) is 0 Å². The molecule has 0 radical (unpaired) electrons. The number of rotatable bonds is 4.